The van der Waals surface area contributed by atoms with Crippen LogP contribution in [0.1, 0.15) is 37.4 Å². The molecule has 1 aromatic rings. The number of hydrogen-bond acceptors (Lipinski definition) is 4. The summed E-state index contributed by atoms with van der Waals surface area (Å²) in [4.78, 5) is 8.88. The van der Waals surface area contributed by atoms with Crippen LogP contribution in [0.5, 0.6) is 0 Å². The third-order valence-electron chi connectivity index (χ3n) is 3.20. The van der Waals surface area contributed by atoms with E-state index in [4.69, 9.17) is 0 Å². The molecule has 86 valence electrons. The second-order valence-corrected chi connectivity index (χ2v) is 5.58. The van der Waals surface area contributed by atoms with E-state index in [2.05, 4.69) is 31.2 Å². The van der Waals surface area contributed by atoms with E-state index in [-0.39, 0.29) is 12.1 Å². The molecule has 0 saturated heterocycles. The standard InChI is InChI=1S/C11H14BrN3O/c12-8-5-9(15-11(6-16)3-4-11)14-10(13-8)7-1-2-7/h5,7,16H,1-4,6H2,(H,13,14,15). The van der Waals surface area contributed by atoms with Crippen molar-refractivity contribution in [2.24, 2.45) is 0 Å². The Morgan fingerprint density at radius 2 is 2.19 bits per heavy atom. The SMILES string of the molecule is OCC1(Nc2cc(Br)nc(C3CC3)n2)CC1. The number of rotatable bonds is 4. The summed E-state index contributed by atoms with van der Waals surface area (Å²) < 4.78 is 0.820. The Labute approximate surface area is 103 Å². The molecule has 1 aromatic heterocycles. The van der Waals surface area contributed by atoms with Crippen LogP contribution in [0.15, 0.2) is 10.7 Å². The Morgan fingerprint density at radius 1 is 1.44 bits per heavy atom. The summed E-state index contributed by atoms with van der Waals surface area (Å²) in [5.41, 5.74) is -0.116. The summed E-state index contributed by atoms with van der Waals surface area (Å²) in [7, 11) is 0. The van der Waals surface area contributed by atoms with E-state index < -0.39 is 0 Å². The first kappa shape index (κ1) is 10.5. The topological polar surface area (TPSA) is 58.0 Å². The Balaban J connectivity index is 1.83. The Hall–Kier alpha value is -0.680. The van der Waals surface area contributed by atoms with Crippen molar-refractivity contribution in [2.45, 2.75) is 37.1 Å². The van der Waals surface area contributed by atoms with Crippen LogP contribution < -0.4 is 5.32 Å². The molecule has 4 nitrogen and oxygen atoms in total. The second-order valence-electron chi connectivity index (χ2n) is 4.77. The molecule has 16 heavy (non-hydrogen) atoms. The smallest absolute Gasteiger partial charge is 0.135 e. The van der Waals surface area contributed by atoms with Crippen LogP contribution in [-0.2, 0) is 0 Å². The molecular formula is C11H14BrN3O. The summed E-state index contributed by atoms with van der Waals surface area (Å²) in [6.07, 6.45) is 4.43. The van der Waals surface area contributed by atoms with E-state index in [0.717, 1.165) is 29.1 Å². The van der Waals surface area contributed by atoms with E-state index in [9.17, 15) is 5.11 Å². The molecule has 2 saturated carbocycles. The fraction of sp³-hybridized carbons (Fsp3) is 0.636. The molecule has 0 bridgehead atoms. The molecule has 0 radical (unpaired) electrons. The molecule has 0 spiro atoms. The van der Waals surface area contributed by atoms with Gasteiger partial charge in [-0.2, -0.15) is 0 Å². The van der Waals surface area contributed by atoms with Gasteiger partial charge in [0.25, 0.3) is 0 Å². The van der Waals surface area contributed by atoms with Crippen molar-refractivity contribution >= 4 is 21.7 Å². The van der Waals surface area contributed by atoms with E-state index in [1.807, 2.05) is 6.07 Å². The predicted molar refractivity (Wildman–Crippen MR) is 64.4 cm³/mol. The maximum absolute atomic E-state index is 9.26. The minimum atomic E-state index is -0.116. The van der Waals surface area contributed by atoms with Crippen molar-refractivity contribution in [1.29, 1.82) is 0 Å². The number of aliphatic hydroxyl groups is 1. The molecule has 2 N–H and O–H groups in total. The van der Waals surface area contributed by atoms with Gasteiger partial charge >= 0.3 is 0 Å². The van der Waals surface area contributed by atoms with Crippen LogP contribution in [0, 0.1) is 0 Å². The monoisotopic (exact) mass is 283 g/mol. The van der Waals surface area contributed by atoms with Gasteiger partial charge in [-0.25, -0.2) is 9.97 Å². The van der Waals surface area contributed by atoms with Crippen LogP contribution in [0.3, 0.4) is 0 Å². The maximum atomic E-state index is 9.26. The van der Waals surface area contributed by atoms with E-state index in [1.54, 1.807) is 0 Å². The van der Waals surface area contributed by atoms with Gasteiger partial charge in [-0.3, -0.25) is 0 Å². The Kier molecular flexibility index (Phi) is 2.40. The largest absolute Gasteiger partial charge is 0.394 e. The van der Waals surface area contributed by atoms with Crippen LogP contribution in [0.25, 0.3) is 0 Å². The van der Waals surface area contributed by atoms with Gasteiger partial charge in [0.1, 0.15) is 16.2 Å². The average molecular weight is 284 g/mol. The highest BCUT2D eigenvalue weighted by Gasteiger charge is 2.42. The molecule has 0 atom stereocenters. The van der Waals surface area contributed by atoms with Crippen molar-refractivity contribution < 1.29 is 5.11 Å². The zero-order valence-corrected chi connectivity index (χ0v) is 10.5. The van der Waals surface area contributed by atoms with Gasteiger partial charge in [-0.1, -0.05) is 0 Å². The number of nitrogens with one attached hydrogen (secondary N) is 1. The highest BCUT2D eigenvalue weighted by Crippen LogP contribution is 2.41. The van der Waals surface area contributed by atoms with E-state index in [0.29, 0.717) is 5.92 Å². The van der Waals surface area contributed by atoms with E-state index in [1.165, 1.54) is 12.8 Å². The molecule has 1 heterocycles. The fourth-order valence-electron chi connectivity index (χ4n) is 1.77. The maximum Gasteiger partial charge on any atom is 0.135 e. The molecule has 0 unspecified atom stereocenters. The molecule has 0 amide bonds. The third-order valence-corrected chi connectivity index (χ3v) is 3.61. The molecular weight excluding hydrogens is 270 g/mol. The van der Waals surface area contributed by atoms with Gasteiger partial charge in [-0.05, 0) is 41.6 Å². The third kappa shape index (κ3) is 2.06. The zero-order valence-electron chi connectivity index (χ0n) is 8.91. The Bertz CT molecular complexity index is 416. The zero-order chi connectivity index (χ0) is 11.2. The summed E-state index contributed by atoms with van der Waals surface area (Å²) in [5, 5.41) is 12.6. The molecule has 2 aliphatic rings. The van der Waals surface area contributed by atoms with Gasteiger partial charge in [-0.15, -0.1) is 0 Å². The normalized spacial score (nSPS) is 21.9. The number of nitrogens with zero attached hydrogens (tertiary/aromatic N) is 2. The minimum Gasteiger partial charge on any atom is -0.394 e. The van der Waals surface area contributed by atoms with Crippen molar-refractivity contribution in [3.05, 3.63) is 16.5 Å². The number of aromatic nitrogens is 2. The van der Waals surface area contributed by atoms with Crippen LogP contribution >= 0.6 is 15.9 Å². The first-order valence-corrected chi connectivity index (χ1v) is 6.44. The van der Waals surface area contributed by atoms with Crippen molar-refractivity contribution in [3.8, 4) is 0 Å². The van der Waals surface area contributed by atoms with Crippen molar-refractivity contribution in [3.63, 3.8) is 0 Å². The molecule has 3 rings (SSSR count). The number of halogens is 1. The van der Waals surface area contributed by atoms with E-state index >= 15 is 0 Å². The number of hydrogen-bond donors (Lipinski definition) is 2. The van der Waals surface area contributed by atoms with Crippen molar-refractivity contribution in [1.82, 2.24) is 9.97 Å². The van der Waals surface area contributed by atoms with Gasteiger partial charge in [0.05, 0.1) is 12.1 Å². The van der Waals surface area contributed by atoms with Crippen LogP contribution in [-0.4, -0.2) is 27.2 Å². The average Bonchev–Trinajstić information content (AvgIpc) is 3.13. The lowest BCUT2D eigenvalue weighted by molar-refractivity contribution is 0.266. The molecule has 0 aliphatic heterocycles. The van der Waals surface area contributed by atoms with Gasteiger partial charge in [0.15, 0.2) is 0 Å². The minimum absolute atomic E-state index is 0.116. The predicted octanol–water partition coefficient (Wildman–Crippen LogP) is 2.05. The highest BCUT2D eigenvalue weighted by molar-refractivity contribution is 9.10. The first-order valence-electron chi connectivity index (χ1n) is 5.64. The lowest BCUT2D eigenvalue weighted by Crippen LogP contribution is -2.26. The molecule has 2 aliphatic carbocycles. The molecule has 2 fully saturated rings. The summed E-state index contributed by atoms with van der Waals surface area (Å²) in [6.45, 7) is 0.174. The first-order chi connectivity index (χ1) is 7.71. The summed E-state index contributed by atoms with van der Waals surface area (Å²) in [6, 6.07) is 1.88. The number of aliphatic hydroxyl groups excluding tert-OH is 1. The lowest BCUT2D eigenvalue weighted by atomic mass is 10.3. The lowest BCUT2D eigenvalue weighted by Gasteiger charge is -2.15. The summed E-state index contributed by atoms with van der Waals surface area (Å²) >= 11 is 3.41. The Morgan fingerprint density at radius 3 is 2.75 bits per heavy atom. The number of anilines is 1. The van der Waals surface area contributed by atoms with Crippen LogP contribution in [0.4, 0.5) is 5.82 Å². The highest BCUT2D eigenvalue weighted by atomic mass is 79.9. The van der Waals surface area contributed by atoms with Gasteiger partial charge in [0.2, 0.25) is 0 Å². The van der Waals surface area contributed by atoms with Crippen LogP contribution in [0.2, 0.25) is 0 Å². The fourth-order valence-corrected chi connectivity index (χ4v) is 2.17. The molecule has 5 heteroatoms. The molecule has 0 aromatic carbocycles. The summed E-state index contributed by atoms with van der Waals surface area (Å²) in [5.74, 6) is 2.29. The quantitative estimate of drug-likeness (QED) is 0.831. The second kappa shape index (κ2) is 3.67. The van der Waals surface area contributed by atoms with Crippen molar-refractivity contribution in [2.75, 3.05) is 11.9 Å². The van der Waals surface area contributed by atoms with Gasteiger partial charge < -0.3 is 10.4 Å². The van der Waals surface area contributed by atoms with Gasteiger partial charge in [0, 0.05) is 12.0 Å².